The normalized spacial score (nSPS) is 10.7. The van der Waals surface area contributed by atoms with Crippen LogP contribution in [0, 0.1) is 0 Å². The number of nitrogens with zero attached hydrogens (tertiary/aromatic N) is 1. The molecule has 0 aliphatic carbocycles. The highest BCUT2D eigenvalue weighted by molar-refractivity contribution is 7.21. The number of carbonyl (C=O) groups is 1. The van der Waals surface area contributed by atoms with Crippen LogP contribution in [0.15, 0.2) is 48.5 Å². The van der Waals surface area contributed by atoms with Gasteiger partial charge in [-0.05, 0) is 30.7 Å². The lowest BCUT2D eigenvalue weighted by Crippen LogP contribution is -2.30. The molecule has 0 saturated carbocycles. The molecular weight excluding hydrogens is 322 g/mol. The Bertz CT molecular complexity index is 799. The number of benzene rings is 2. The summed E-state index contributed by atoms with van der Waals surface area (Å²) < 4.78 is 6.10. The van der Waals surface area contributed by atoms with Gasteiger partial charge in [0.1, 0.15) is 5.01 Å². The van der Waals surface area contributed by atoms with Crippen LogP contribution in [0.25, 0.3) is 20.8 Å². The fourth-order valence-corrected chi connectivity index (χ4v) is 3.36. The molecule has 0 radical (unpaired) electrons. The van der Waals surface area contributed by atoms with Crippen molar-refractivity contribution < 1.29 is 9.53 Å². The van der Waals surface area contributed by atoms with Gasteiger partial charge in [0.05, 0.1) is 15.9 Å². The molecule has 2 amide bonds. The highest BCUT2D eigenvalue weighted by atomic mass is 32.1. The van der Waals surface area contributed by atoms with Gasteiger partial charge < -0.3 is 15.4 Å². The summed E-state index contributed by atoms with van der Waals surface area (Å²) in [7, 11) is 1.65. The first-order valence-corrected chi connectivity index (χ1v) is 8.58. The molecule has 0 aliphatic rings. The predicted molar refractivity (Wildman–Crippen MR) is 98.6 cm³/mol. The van der Waals surface area contributed by atoms with Gasteiger partial charge in [0.2, 0.25) is 0 Å². The molecule has 0 bridgehead atoms. The summed E-state index contributed by atoms with van der Waals surface area (Å²) >= 11 is 1.62. The molecular formula is C18H19N3O2S. The second kappa shape index (κ2) is 7.90. The number of rotatable bonds is 6. The molecule has 24 heavy (non-hydrogen) atoms. The van der Waals surface area contributed by atoms with E-state index in [0.29, 0.717) is 13.2 Å². The van der Waals surface area contributed by atoms with E-state index >= 15 is 0 Å². The quantitative estimate of drug-likeness (QED) is 0.663. The molecule has 2 N–H and O–H groups in total. The Balaban J connectivity index is 1.76. The smallest absolute Gasteiger partial charge is 0.319 e. The third-order valence-corrected chi connectivity index (χ3v) is 4.58. The lowest BCUT2D eigenvalue weighted by atomic mass is 10.2. The summed E-state index contributed by atoms with van der Waals surface area (Å²) in [5, 5.41) is 6.63. The van der Waals surface area contributed by atoms with Gasteiger partial charge in [0.25, 0.3) is 0 Å². The number of ether oxygens (including phenoxy) is 1. The molecule has 1 heterocycles. The van der Waals surface area contributed by atoms with Crippen molar-refractivity contribution in [3.8, 4) is 10.6 Å². The molecule has 0 spiro atoms. The number of carbonyl (C=O) groups excluding carboxylic acids is 1. The second-order valence-corrected chi connectivity index (χ2v) is 6.29. The van der Waals surface area contributed by atoms with Gasteiger partial charge >= 0.3 is 6.03 Å². The van der Waals surface area contributed by atoms with Crippen LogP contribution in [0.1, 0.15) is 6.42 Å². The standard InChI is InChI=1S/C18H19N3O2S/c1-23-12-6-11-19-18(22)21-14-8-3-2-7-13(14)17-20-15-9-4-5-10-16(15)24-17/h2-5,7-10H,6,11-12H2,1H3,(H2,19,21,22). The van der Waals surface area contributed by atoms with Crippen molar-refractivity contribution in [1.29, 1.82) is 0 Å². The zero-order valence-electron chi connectivity index (χ0n) is 13.4. The number of urea groups is 1. The van der Waals surface area contributed by atoms with Gasteiger partial charge in [0.15, 0.2) is 0 Å². The highest BCUT2D eigenvalue weighted by Gasteiger charge is 2.11. The molecule has 3 rings (SSSR count). The minimum atomic E-state index is -0.223. The largest absolute Gasteiger partial charge is 0.385 e. The van der Waals surface area contributed by atoms with Crippen molar-refractivity contribution in [2.45, 2.75) is 6.42 Å². The number of anilines is 1. The van der Waals surface area contributed by atoms with Crippen LogP contribution in [-0.4, -0.2) is 31.3 Å². The minimum absolute atomic E-state index is 0.223. The lowest BCUT2D eigenvalue weighted by molar-refractivity contribution is 0.194. The van der Waals surface area contributed by atoms with E-state index in [1.807, 2.05) is 42.5 Å². The second-order valence-electron chi connectivity index (χ2n) is 5.26. The fourth-order valence-electron chi connectivity index (χ4n) is 2.35. The van der Waals surface area contributed by atoms with Crippen LogP contribution in [0.3, 0.4) is 0 Å². The third-order valence-electron chi connectivity index (χ3n) is 3.51. The maximum atomic E-state index is 12.1. The number of aromatic nitrogens is 1. The Morgan fingerprint density at radius 3 is 2.79 bits per heavy atom. The summed E-state index contributed by atoms with van der Waals surface area (Å²) in [4.78, 5) is 16.7. The van der Waals surface area contributed by atoms with Gasteiger partial charge in [-0.3, -0.25) is 0 Å². The van der Waals surface area contributed by atoms with Crippen LogP contribution in [0.2, 0.25) is 0 Å². The predicted octanol–water partition coefficient (Wildman–Crippen LogP) is 4.12. The van der Waals surface area contributed by atoms with Crippen LogP contribution in [0.5, 0.6) is 0 Å². The molecule has 0 saturated heterocycles. The summed E-state index contributed by atoms with van der Waals surface area (Å²) in [6.07, 6.45) is 0.781. The van der Waals surface area contributed by atoms with E-state index < -0.39 is 0 Å². The van der Waals surface area contributed by atoms with Crippen molar-refractivity contribution >= 4 is 33.3 Å². The third kappa shape index (κ3) is 3.90. The molecule has 0 atom stereocenters. The zero-order valence-corrected chi connectivity index (χ0v) is 14.2. The van der Waals surface area contributed by atoms with Crippen molar-refractivity contribution in [3.63, 3.8) is 0 Å². The minimum Gasteiger partial charge on any atom is -0.385 e. The number of methoxy groups -OCH3 is 1. The Labute approximate surface area is 144 Å². The molecule has 0 aliphatic heterocycles. The molecule has 6 heteroatoms. The highest BCUT2D eigenvalue weighted by Crippen LogP contribution is 2.34. The average Bonchev–Trinajstić information content (AvgIpc) is 3.03. The first-order valence-electron chi connectivity index (χ1n) is 7.76. The Hall–Kier alpha value is -2.44. The maximum Gasteiger partial charge on any atom is 0.319 e. The van der Waals surface area contributed by atoms with Crippen molar-refractivity contribution in [2.75, 3.05) is 25.6 Å². The number of para-hydroxylation sites is 2. The summed E-state index contributed by atoms with van der Waals surface area (Å²) in [5.74, 6) is 0. The molecule has 1 aromatic heterocycles. The summed E-state index contributed by atoms with van der Waals surface area (Å²) in [6, 6.07) is 15.5. The van der Waals surface area contributed by atoms with E-state index in [-0.39, 0.29) is 6.03 Å². The monoisotopic (exact) mass is 341 g/mol. The zero-order chi connectivity index (χ0) is 16.8. The Morgan fingerprint density at radius 1 is 1.17 bits per heavy atom. The number of hydrogen-bond acceptors (Lipinski definition) is 4. The molecule has 0 fully saturated rings. The van der Waals surface area contributed by atoms with Crippen molar-refractivity contribution in [3.05, 3.63) is 48.5 Å². The molecule has 0 unspecified atom stereocenters. The van der Waals surface area contributed by atoms with Crippen molar-refractivity contribution in [1.82, 2.24) is 10.3 Å². The lowest BCUT2D eigenvalue weighted by Gasteiger charge is -2.10. The fraction of sp³-hybridized carbons (Fsp3) is 0.222. The van der Waals surface area contributed by atoms with Crippen molar-refractivity contribution in [2.24, 2.45) is 0 Å². The Morgan fingerprint density at radius 2 is 1.96 bits per heavy atom. The number of fused-ring (bicyclic) bond motifs is 1. The van der Waals surface area contributed by atoms with Gasteiger partial charge in [-0.15, -0.1) is 11.3 Å². The van der Waals surface area contributed by atoms with E-state index in [0.717, 1.165) is 32.9 Å². The molecule has 124 valence electrons. The first kappa shape index (κ1) is 16.4. The average molecular weight is 341 g/mol. The van der Waals surface area contributed by atoms with Crippen LogP contribution in [0.4, 0.5) is 10.5 Å². The molecule has 3 aromatic rings. The number of thiazole rings is 1. The topological polar surface area (TPSA) is 63.2 Å². The number of hydrogen-bond donors (Lipinski definition) is 2. The van der Waals surface area contributed by atoms with E-state index in [1.165, 1.54) is 0 Å². The number of nitrogens with one attached hydrogen (secondary N) is 2. The Kier molecular flexibility index (Phi) is 5.40. The van der Waals surface area contributed by atoms with E-state index in [2.05, 4.69) is 21.7 Å². The van der Waals surface area contributed by atoms with Crippen LogP contribution in [-0.2, 0) is 4.74 Å². The van der Waals surface area contributed by atoms with E-state index in [9.17, 15) is 4.79 Å². The van der Waals surface area contributed by atoms with Crippen LogP contribution >= 0.6 is 11.3 Å². The SMILES string of the molecule is COCCCNC(=O)Nc1ccccc1-c1nc2ccccc2s1. The van der Waals surface area contributed by atoms with Gasteiger partial charge in [-0.2, -0.15) is 0 Å². The van der Waals surface area contributed by atoms with Gasteiger partial charge in [0, 0.05) is 25.8 Å². The summed E-state index contributed by atoms with van der Waals surface area (Å²) in [5.41, 5.74) is 2.64. The maximum absolute atomic E-state index is 12.1. The van der Waals surface area contributed by atoms with Gasteiger partial charge in [-0.25, -0.2) is 9.78 Å². The number of amides is 2. The van der Waals surface area contributed by atoms with E-state index in [1.54, 1.807) is 18.4 Å². The first-order chi connectivity index (χ1) is 11.8. The molecule has 2 aromatic carbocycles. The van der Waals surface area contributed by atoms with Crippen LogP contribution < -0.4 is 10.6 Å². The van der Waals surface area contributed by atoms with E-state index in [4.69, 9.17) is 4.74 Å². The summed E-state index contributed by atoms with van der Waals surface area (Å²) in [6.45, 7) is 1.20. The van der Waals surface area contributed by atoms with Gasteiger partial charge in [-0.1, -0.05) is 24.3 Å². The molecule has 5 nitrogen and oxygen atoms in total.